The Kier molecular flexibility index (Phi) is 10.4. The van der Waals surface area contributed by atoms with E-state index in [-0.39, 0.29) is 29.9 Å². The molecule has 0 bridgehead atoms. The second kappa shape index (κ2) is 11.1. The number of nitrogens with zero attached hydrogens (tertiary/aromatic N) is 1. The molecule has 0 aliphatic heterocycles. The molecular formula is C17H29IN4O2. The second-order valence-corrected chi connectivity index (χ2v) is 5.86. The van der Waals surface area contributed by atoms with Crippen molar-refractivity contribution >= 4 is 35.8 Å². The minimum absolute atomic E-state index is 0. The zero-order valence-electron chi connectivity index (χ0n) is 15.1. The maximum absolute atomic E-state index is 11.8. The van der Waals surface area contributed by atoms with E-state index in [0.717, 1.165) is 17.9 Å². The molecule has 3 N–H and O–H groups in total. The van der Waals surface area contributed by atoms with Crippen molar-refractivity contribution in [1.82, 2.24) is 16.0 Å². The minimum atomic E-state index is -0.509. The van der Waals surface area contributed by atoms with Gasteiger partial charge in [-0.25, -0.2) is 4.99 Å². The fourth-order valence-corrected chi connectivity index (χ4v) is 1.97. The Labute approximate surface area is 161 Å². The molecule has 0 heterocycles. The number of methoxy groups -OCH3 is 1. The highest BCUT2D eigenvalue weighted by molar-refractivity contribution is 14.0. The van der Waals surface area contributed by atoms with Gasteiger partial charge in [-0.2, -0.15) is 0 Å². The van der Waals surface area contributed by atoms with Crippen molar-refractivity contribution in [2.24, 2.45) is 10.4 Å². The first-order valence-electron chi connectivity index (χ1n) is 7.80. The number of carbonyl (C=O) groups excluding carboxylic acids is 1. The highest BCUT2D eigenvalue weighted by atomic mass is 127. The molecule has 0 saturated heterocycles. The molecule has 24 heavy (non-hydrogen) atoms. The van der Waals surface area contributed by atoms with Gasteiger partial charge in [0.1, 0.15) is 5.75 Å². The normalized spacial score (nSPS) is 11.3. The van der Waals surface area contributed by atoms with Gasteiger partial charge in [0.2, 0.25) is 5.91 Å². The Hall–Kier alpha value is -1.51. The molecule has 0 saturated carbocycles. The van der Waals surface area contributed by atoms with Gasteiger partial charge in [0, 0.05) is 20.1 Å². The number of carbonyl (C=O) groups is 1. The molecule has 0 aromatic heterocycles. The van der Waals surface area contributed by atoms with E-state index in [1.807, 2.05) is 45.0 Å². The Balaban J connectivity index is 0.00000529. The van der Waals surface area contributed by atoms with Crippen LogP contribution < -0.4 is 20.7 Å². The molecular weight excluding hydrogens is 419 g/mol. The van der Waals surface area contributed by atoms with Crippen molar-refractivity contribution < 1.29 is 9.53 Å². The smallest absolute Gasteiger partial charge is 0.227 e. The summed E-state index contributed by atoms with van der Waals surface area (Å²) < 4.78 is 5.14. The summed E-state index contributed by atoms with van der Waals surface area (Å²) in [5, 5.41) is 9.09. The lowest BCUT2D eigenvalue weighted by Gasteiger charge is -2.24. The number of hydrogen-bond acceptors (Lipinski definition) is 3. The molecule has 0 radical (unpaired) electrons. The summed E-state index contributed by atoms with van der Waals surface area (Å²) in [5.74, 6) is 1.52. The molecule has 7 heteroatoms. The van der Waals surface area contributed by atoms with Gasteiger partial charge < -0.3 is 20.7 Å². The molecule has 6 nitrogen and oxygen atoms in total. The zero-order valence-corrected chi connectivity index (χ0v) is 17.4. The van der Waals surface area contributed by atoms with Gasteiger partial charge in [-0.05, 0) is 38.5 Å². The van der Waals surface area contributed by atoms with Crippen LogP contribution >= 0.6 is 24.0 Å². The van der Waals surface area contributed by atoms with E-state index in [1.54, 1.807) is 14.2 Å². The number of amides is 1. The first-order chi connectivity index (χ1) is 10.9. The monoisotopic (exact) mass is 448 g/mol. The molecule has 1 rings (SSSR count). The van der Waals surface area contributed by atoms with Crippen LogP contribution in [-0.4, -0.2) is 39.1 Å². The third-order valence-corrected chi connectivity index (χ3v) is 3.46. The fourth-order valence-electron chi connectivity index (χ4n) is 1.97. The predicted octanol–water partition coefficient (Wildman–Crippen LogP) is 2.14. The predicted molar refractivity (Wildman–Crippen MR) is 109 cm³/mol. The summed E-state index contributed by atoms with van der Waals surface area (Å²) in [6, 6.07) is 7.81. The number of guanidine groups is 1. The molecule has 0 spiro atoms. The van der Waals surface area contributed by atoms with E-state index in [9.17, 15) is 4.79 Å². The van der Waals surface area contributed by atoms with Crippen molar-refractivity contribution in [3.63, 3.8) is 0 Å². The molecule has 1 amide bonds. The number of hydrogen-bond donors (Lipinski definition) is 3. The van der Waals surface area contributed by atoms with E-state index in [0.29, 0.717) is 19.0 Å². The third-order valence-electron chi connectivity index (χ3n) is 3.46. The molecule has 1 aromatic carbocycles. The van der Waals surface area contributed by atoms with Crippen LogP contribution in [0.3, 0.4) is 0 Å². The summed E-state index contributed by atoms with van der Waals surface area (Å²) in [6.45, 7) is 7.61. The summed E-state index contributed by atoms with van der Waals surface area (Å²) in [7, 11) is 3.29. The molecule has 136 valence electrons. The topological polar surface area (TPSA) is 74.8 Å². The van der Waals surface area contributed by atoms with Gasteiger partial charge in [0.25, 0.3) is 0 Å². The maximum Gasteiger partial charge on any atom is 0.227 e. The highest BCUT2D eigenvalue weighted by Crippen LogP contribution is 2.13. The molecule has 0 atom stereocenters. The van der Waals surface area contributed by atoms with Crippen LogP contribution in [0.5, 0.6) is 5.75 Å². The number of aliphatic imine (C=N–C) groups is 1. The lowest BCUT2D eigenvalue weighted by atomic mass is 9.92. The number of nitrogens with one attached hydrogen (secondary N) is 3. The van der Waals surface area contributed by atoms with Gasteiger partial charge in [0.15, 0.2) is 5.96 Å². The van der Waals surface area contributed by atoms with Crippen LogP contribution in [0.2, 0.25) is 0 Å². The quantitative estimate of drug-likeness (QED) is 0.340. The van der Waals surface area contributed by atoms with Gasteiger partial charge in [-0.3, -0.25) is 4.79 Å². The van der Waals surface area contributed by atoms with Gasteiger partial charge in [-0.1, -0.05) is 12.1 Å². The SMILES string of the molecule is CCNC(=NCc1ccc(OC)cc1)NCC(C)(C)C(=O)NC.I. The number of halogens is 1. The summed E-state index contributed by atoms with van der Waals surface area (Å²) in [4.78, 5) is 16.4. The number of ether oxygens (including phenoxy) is 1. The third kappa shape index (κ3) is 7.37. The standard InChI is InChI=1S/C17H28N4O2.HI/c1-6-19-16(21-12-17(2,3)15(22)18-4)20-11-13-7-9-14(23-5)10-8-13;/h7-10H,6,11-12H2,1-5H3,(H,18,22)(H2,19,20,21);1H. The molecule has 0 aliphatic rings. The Morgan fingerprint density at radius 2 is 1.83 bits per heavy atom. The van der Waals surface area contributed by atoms with Gasteiger partial charge in [-0.15, -0.1) is 24.0 Å². The highest BCUT2D eigenvalue weighted by Gasteiger charge is 2.26. The average Bonchev–Trinajstić information content (AvgIpc) is 2.57. The van der Waals surface area contributed by atoms with Crippen LogP contribution in [-0.2, 0) is 11.3 Å². The van der Waals surface area contributed by atoms with E-state index in [4.69, 9.17) is 4.74 Å². The number of benzene rings is 1. The number of rotatable bonds is 7. The lowest BCUT2D eigenvalue weighted by Crippen LogP contribution is -2.47. The first kappa shape index (κ1) is 22.5. The molecule has 0 fully saturated rings. The van der Waals surface area contributed by atoms with Crippen LogP contribution in [0.1, 0.15) is 26.3 Å². The summed E-state index contributed by atoms with van der Waals surface area (Å²) in [5.41, 5.74) is 0.582. The van der Waals surface area contributed by atoms with Crippen molar-refractivity contribution in [1.29, 1.82) is 0 Å². The fraction of sp³-hybridized carbons (Fsp3) is 0.529. The molecule has 0 aliphatic carbocycles. The van der Waals surface area contributed by atoms with Crippen molar-refractivity contribution in [3.8, 4) is 5.75 Å². The Bertz CT molecular complexity index is 530. The van der Waals surface area contributed by atoms with Gasteiger partial charge >= 0.3 is 0 Å². The van der Waals surface area contributed by atoms with Crippen LogP contribution in [0.15, 0.2) is 29.3 Å². The van der Waals surface area contributed by atoms with Crippen molar-refractivity contribution in [2.75, 3.05) is 27.2 Å². The average molecular weight is 448 g/mol. The molecule has 0 unspecified atom stereocenters. The van der Waals surface area contributed by atoms with Crippen molar-refractivity contribution in [2.45, 2.75) is 27.3 Å². The maximum atomic E-state index is 11.8. The van der Waals surface area contributed by atoms with Crippen LogP contribution in [0.25, 0.3) is 0 Å². The van der Waals surface area contributed by atoms with Crippen molar-refractivity contribution in [3.05, 3.63) is 29.8 Å². The van der Waals surface area contributed by atoms with Crippen LogP contribution in [0.4, 0.5) is 0 Å². The van der Waals surface area contributed by atoms with E-state index >= 15 is 0 Å². The van der Waals surface area contributed by atoms with Gasteiger partial charge in [0.05, 0.1) is 19.1 Å². The molecule has 1 aromatic rings. The van der Waals surface area contributed by atoms with E-state index < -0.39 is 5.41 Å². The first-order valence-corrected chi connectivity index (χ1v) is 7.80. The summed E-state index contributed by atoms with van der Waals surface area (Å²) in [6.07, 6.45) is 0. The van der Waals surface area contributed by atoms with Crippen LogP contribution in [0, 0.1) is 5.41 Å². The second-order valence-electron chi connectivity index (χ2n) is 5.86. The summed E-state index contributed by atoms with van der Waals surface area (Å²) >= 11 is 0. The lowest BCUT2D eigenvalue weighted by molar-refractivity contribution is -0.128. The van der Waals surface area contributed by atoms with E-state index in [2.05, 4.69) is 20.9 Å². The zero-order chi connectivity index (χ0) is 17.3. The Morgan fingerprint density at radius 3 is 2.33 bits per heavy atom. The van der Waals surface area contributed by atoms with E-state index in [1.165, 1.54) is 0 Å². The minimum Gasteiger partial charge on any atom is -0.497 e. The Morgan fingerprint density at radius 1 is 1.21 bits per heavy atom. The largest absolute Gasteiger partial charge is 0.497 e.